The third kappa shape index (κ3) is 3.47. The van der Waals surface area contributed by atoms with Gasteiger partial charge in [-0.3, -0.25) is 4.68 Å². The van der Waals surface area contributed by atoms with Crippen molar-refractivity contribution in [3.8, 4) is 0 Å². The summed E-state index contributed by atoms with van der Waals surface area (Å²) in [5.74, 6) is 0.598. The second kappa shape index (κ2) is 6.06. The highest BCUT2D eigenvalue weighted by atomic mass is 16.5. The Kier molecular flexibility index (Phi) is 4.42. The number of hydrogen-bond donors (Lipinski definition) is 1. The van der Waals surface area contributed by atoms with Gasteiger partial charge in [0.15, 0.2) is 5.96 Å². The predicted octanol–water partition coefficient (Wildman–Crippen LogP) is 0.518. The van der Waals surface area contributed by atoms with E-state index in [1.165, 1.54) is 0 Å². The van der Waals surface area contributed by atoms with Gasteiger partial charge in [0, 0.05) is 31.9 Å². The summed E-state index contributed by atoms with van der Waals surface area (Å²) in [6, 6.07) is 0. The fraction of sp³-hybridized carbons (Fsp3) is 0.692. The first-order chi connectivity index (χ1) is 9.10. The number of nitrogens with two attached hydrogens (primary N) is 1. The van der Waals surface area contributed by atoms with Crippen molar-refractivity contribution in [3.05, 3.63) is 17.5 Å². The standard InChI is InChI=1S/C13H23N5O/c1-4-12-11(9-17(3)16-12)7-15-13(14)18-5-6-19-10(2)8-18/h9-10H,4-8H2,1-3H3,(H2,14,15). The second-order valence-electron chi connectivity index (χ2n) is 4.93. The molecule has 0 amide bonds. The van der Waals surface area contributed by atoms with Crippen LogP contribution in [-0.2, 0) is 24.8 Å². The maximum absolute atomic E-state index is 6.05. The van der Waals surface area contributed by atoms with Crippen LogP contribution in [0.3, 0.4) is 0 Å². The number of aromatic nitrogens is 2. The Morgan fingerprint density at radius 1 is 1.63 bits per heavy atom. The predicted molar refractivity (Wildman–Crippen MR) is 74.9 cm³/mol. The minimum atomic E-state index is 0.215. The highest BCUT2D eigenvalue weighted by Crippen LogP contribution is 2.09. The maximum atomic E-state index is 6.05. The first-order valence-corrected chi connectivity index (χ1v) is 6.78. The Bertz CT molecular complexity index is 454. The van der Waals surface area contributed by atoms with Crippen LogP contribution >= 0.6 is 0 Å². The van der Waals surface area contributed by atoms with E-state index < -0.39 is 0 Å². The molecule has 6 nitrogen and oxygen atoms in total. The van der Waals surface area contributed by atoms with E-state index in [9.17, 15) is 0 Å². The van der Waals surface area contributed by atoms with E-state index in [1.807, 2.05) is 17.9 Å². The quantitative estimate of drug-likeness (QED) is 0.639. The molecule has 1 unspecified atom stereocenters. The van der Waals surface area contributed by atoms with Crippen LogP contribution in [0.4, 0.5) is 0 Å². The molecule has 2 N–H and O–H groups in total. The van der Waals surface area contributed by atoms with Gasteiger partial charge in [-0.2, -0.15) is 5.10 Å². The molecule has 1 aromatic heterocycles. The zero-order chi connectivity index (χ0) is 13.8. The molecule has 106 valence electrons. The van der Waals surface area contributed by atoms with Crippen molar-refractivity contribution in [3.63, 3.8) is 0 Å². The second-order valence-corrected chi connectivity index (χ2v) is 4.93. The molecule has 1 fully saturated rings. The van der Waals surface area contributed by atoms with Crippen molar-refractivity contribution < 1.29 is 4.74 Å². The van der Waals surface area contributed by atoms with Crippen molar-refractivity contribution >= 4 is 5.96 Å². The molecule has 1 aliphatic heterocycles. The third-order valence-electron chi connectivity index (χ3n) is 3.30. The monoisotopic (exact) mass is 265 g/mol. The average molecular weight is 265 g/mol. The summed E-state index contributed by atoms with van der Waals surface area (Å²) in [5.41, 5.74) is 8.29. The summed E-state index contributed by atoms with van der Waals surface area (Å²) in [4.78, 5) is 6.57. The van der Waals surface area contributed by atoms with Gasteiger partial charge in [0.25, 0.3) is 0 Å². The van der Waals surface area contributed by atoms with Crippen LogP contribution in [-0.4, -0.2) is 46.4 Å². The Morgan fingerprint density at radius 2 is 2.42 bits per heavy atom. The van der Waals surface area contributed by atoms with Gasteiger partial charge < -0.3 is 15.4 Å². The number of aliphatic imine (C=N–C) groups is 1. The molecule has 0 bridgehead atoms. The number of hydrogen-bond acceptors (Lipinski definition) is 3. The summed E-state index contributed by atoms with van der Waals surface area (Å²) < 4.78 is 7.33. The Labute approximate surface area is 114 Å². The molecule has 1 atom stereocenters. The smallest absolute Gasteiger partial charge is 0.191 e. The lowest BCUT2D eigenvalue weighted by Crippen LogP contribution is -2.47. The summed E-state index contributed by atoms with van der Waals surface area (Å²) >= 11 is 0. The lowest BCUT2D eigenvalue weighted by Gasteiger charge is -2.31. The topological polar surface area (TPSA) is 68.7 Å². The van der Waals surface area contributed by atoms with Crippen LogP contribution < -0.4 is 5.73 Å². The molecule has 1 saturated heterocycles. The molecule has 6 heteroatoms. The Hall–Kier alpha value is -1.56. The normalized spacial score (nSPS) is 20.9. The van der Waals surface area contributed by atoms with Crippen molar-refractivity contribution in [1.29, 1.82) is 0 Å². The lowest BCUT2D eigenvalue weighted by molar-refractivity contribution is 0.00528. The molecular weight excluding hydrogens is 242 g/mol. The summed E-state index contributed by atoms with van der Waals surface area (Å²) in [6.45, 7) is 7.08. The largest absolute Gasteiger partial charge is 0.375 e. The highest BCUT2D eigenvalue weighted by Gasteiger charge is 2.18. The summed E-state index contributed by atoms with van der Waals surface area (Å²) in [5, 5.41) is 4.40. The number of rotatable bonds is 3. The first kappa shape index (κ1) is 13.9. The van der Waals surface area contributed by atoms with Crippen molar-refractivity contribution in [2.24, 2.45) is 17.8 Å². The van der Waals surface area contributed by atoms with Gasteiger partial charge in [-0.05, 0) is 13.3 Å². The van der Waals surface area contributed by atoms with E-state index in [0.717, 1.165) is 30.8 Å². The lowest BCUT2D eigenvalue weighted by atomic mass is 10.2. The SMILES string of the molecule is CCc1nn(C)cc1CN=C(N)N1CCOC(C)C1. The van der Waals surface area contributed by atoms with Crippen molar-refractivity contribution in [1.82, 2.24) is 14.7 Å². The van der Waals surface area contributed by atoms with Crippen LogP contribution in [0.15, 0.2) is 11.2 Å². The molecule has 0 saturated carbocycles. The van der Waals surface area contributed by atoms with Crippen LogP contribution in [0.5, 0.6) is 0 Å². The fourth-order valence-electron chi connectivity index (χ4n) is 2.31. The third-order valence-corrected chi connectivity index (χ3v) is 3.30. The molecule has 19 heavy (non-hydrogen) atoms. The minimum absolute atomic E-state index is 0.215. The van der Waals surface area contributed by atoms with Crippen LogP contribution in [0.2, 0.25) is 0 Å². The number of morpholine rings is 1. The summed E-state index contributed by atoms with van der Waals surface area (Å²) in [7, 11) is 1.93. The van der Waals surface area contributed by atoms with Gasteiger partial charge in [-0.15, -0.1) is 0 Å². The molecule has 0 radical (unpaired) electrons. The number of ether oxygens (including phenoxy) is 1. The fourth-order valence-corrected chi connectivity index (χ4v) is 2.31. The summed E-state index contributed by atoms with van der Waals surface area (Å²) in [6.07, 6.45) is 3.14. The Balaban J connectivity index is 2.00. The molecule has 0 spiro atoms. The Morgan fingerprint density at radius 3 is 3.11 bits per heavy atom. The molecule has 0 aliphatic carbocycles. The van der Waals surface area contributed by atoms with E-state index in [0.29, 0.717) is 19.1 Å². The van der Waals surface area contributed by atoms with Crippen molar-refractivity contribution in [2.75, 3.05) is 19.7 Å². The van der Waals surface area contributed by atoms with E-state index in [4.69, 9.17) is 10.5 Å². The molecule has 0 aromatic carbocycles. The van der Waals surface area contributed by atoms with Gasteiger partial charge in [0.1, 0.15) is 0 Å². The van der Waals surface area contributed by atoms with E-state index in [-0.39, 0.29) is 6.10 Å². The van der Waals surface area contributed by atoms with Gasteiger partial charge in [-0.25, -0.2) is 4.99 Å². The van der Waals surface area contributed by atoms with Crippen molar-refractivity contribution in [2.45, 2.75) is 32.9 Å². The van der Waals surface area contributed by atoms with Crippen LogP contribution in [0.25, 0.3) is 0 Å². The average Bonchev–Trinajstić information content (AvgIpc) is 2.76. The van der Waals surface area contributed by atoms with Gasteiger partial charge in [0.05, 0.1) is 24.9 Å². The van der Waals surface area contributed by atoms with Gasteiger partial charge in [-0.1, -0.05) is 6.92 Å². The highest BCUT2D eigenvalue weighted by molar-refractivity contribution is 5.78. The molecule has 2 heterocycles. The van der Waals surface area contributed by atoms with Crippen LogP contribution in [0, 0.1) is 0 Å². The first-order valence-electron chi connectivity index (χ1n) is 6.78. The number of nitrogens with zero attached hydrogens (tertiary/aromatic N) is 4. The maximum Gasteiger partial charge on any atom is 0.191 e. The molecule has 1 aliphatic rings. The molecular formula is C13H23N5O. The zero-order valence-corrected chi connectivity index (χ0v) is 12.0. The molecule has 2 rings (SSSR count). The number of aryl methyl sites for hydroxylation is 2. The minimum Gasteiger partial charge on any atom is -0.375 e. The van der Waals surface area contributed by atoms with E-state index in [1.54, 1.807) is 0 Å². The van der Waals surface area contributed by atoms with E-state index >= 15 is 0 Å². The number of guanidine groups is 1. The van der Waals surface area contributed by atoms with Gasteiger partial charge >= 0.3 is 0 Å². The van der Waals surface area contributed by atoms with Crippen LogP contribution in [0.1, 0.15) is 25.1 Å². The van der Waals surface area contributed by atoms with Gasteiger partial charge in [0.2, 0.25) is 0 Å². The van der Waals surface area contributed by atoms with E-state index in [2.05, 4.69) is 28.8 Å². The molecule has 1 aromatic rings. The zero-order valence-electron chi connectivity index (χ0n) is 12.0.